The van der Waals surface area contributed by atoms with E-state index in [1.54, 1.807) is 40.6 Å². The Morgan fingerprint density at radius 3 is 2.62 bits per heavy atom. The van der Waals surface area contributed by atoms with Gasteiger partial charge < -0.3 is 25.4 Å². The molecule has 11 nitrogen and oxygen atoms in total. The topological polar surface area (TPSA) is 139 Å². The number of carbonyl (C=O) groups excluding carboxylic acids is 4. The Kier molecular flexibility index (Phi) is 6.75. The second-order valence-corrected chi connectivity index (χ2v) is 9.13. The van der Waals surface area contributed by atoms with E-state index in [2.05, 4.69) is 20.9 Å². The van der Waals surface area contributed by atoms with E-state index in [1.165, 1.54) is 31.8 Å². The highest BCUT2D eigenvalue weighted by molar-refractivity contribution is 8.04. The molecule has 1 aromatic heterocycles. The average Bonchev–Trinajstić information content (AvgIpc) is 3.59. The second kappa shape index (κ2) is 9.73. The van der Waals surface area contributed by atoms with Crippen LogP contribution in [0.4, 0.5) is 4.79 Å². The first-order valence-corrected chi connectivity index (χ1v) is 11.9. The summed E-state index contributed by atoms with van der Waals surface area (Å²) in [6.45, 7) is 0. The molecule has 3 atom stereocenters. The second-order valence-electron chi connectivity index (χ2n) is 7.29. The lowest BCUT2D eigenvalue weighted by atomic mass is 10.0. The smallest absolute Gasteiger partial charge is 0.364 e. The van der Waals surface area contributed by atoms with Crippen LogP contribution in [0.3, 0.4) is 0 Å². The molecular weight excluding hydrogens is 482 g/mol. The lowest BCUT2D eigenvalue weighted by Gasteiger charge is -2.31. The molecule has 1 fully saturated rings. The number of benzene rings is 1. The van der Waals surface area contributed by atoms with Crippen LogP contribution >= 0.6 is 23.1 Å². The molecule has 2 aliphatic heterocycles. The molecule has 0 bridgehead atoms. The molecule has 3 heterocycles. The number of imide groups is 1. The Balaban J connectivity index is 1.62. The zero-order valence-corrected chi connectivity index (χ0v) is 19.8. The third-order valence-corrected chi connectivity index (χ3v) is 6.94. The minimum Gasteiger partial charge on any atom is -0.497 e. The molecule has 0 radical (unpaired) electrons. The minimum absolute atomic E-state index is 0.0286. The van der Waals surface area contributed by atoms with E-state index in [-0.39, 0.29) is 6.42 Å². The van der Waals surface area contributed by atoms with Gasteiger partial charge in [0, 0.05) is 18.0 Å². The van der Waals surface area contributed by atoms with Gasteiger partial charge in [0.1, 0.15) is 17.8 Å². The van der Waals surface area contributed by atoms with Gasteiger partial charge in [-0.2, -0.15) is 0 Å². The highest BCUT2D eigenvalue weighted by Crippen LogP contribution is 2.30. The van der Waals surface area contributed by atoms with E-state index in [0.717, 1.165) is 16.7 Å². The van der Waals surface area contributed by atoms with Crippen LogP contribution in [0, 0.1) is 0 Å². The number of thiazole rings is 1. The van der Waals surface area contributed by atoms with E-state index in [4.69, 9.17) is 9.47 Å². The number of esters is 1. The normalized spacial score (nSPS) is 22.2. The van der Waals surface area contributed by atoms with Crippen molar-refractivity contribution in [3.05, 3.63) is 58.0 Å². The quantitative estimate of drug-likeness (QED) is 0.357. The maximum atomic E-state index is 13.4. The number of nitrogens with zero attached hydrogens (tertiary/aromatic N) is 2. The summed E-state index contributed by atoms with van der Waals surface area (Å²) in [6, 6.07) is 3.72. The first kappa shape index (κ1) is 23.6. The number of amides is 4. The molecule has 0 saturated carbocycles. The molecule has 4 amide bonds. The Morgan fingerprint density at radius 2 is 2.03 bits per heavy atom. The Morgan fingerprint density at radius 1 is 1.26 bits per heavy atom. The predicted molar refractivity (Wildman–Crippen MR) is 123 cm³/mol. The molecule has 178 valence electrons. The van der Waals surface area contributed by atoms with Crippen LogP contribution in [-0.4, -0.2) is 59.0 Å². The van der Waals surface area contributed by atoms with Crippen molar-refractivity contribution in [3.8, 4) is 5.75 Å². The lowest BCUT2D eigenvalue weighted by Crippen LogP contribution is -2.63. The van der Waals surface area contributed by atoms with Gasteiger partial charge in [0.05, 0.1) is 25.4 Å². The van der Waals surface area contributed by atoms with E-state index in [1.807, 2.05) is 0 Å². The van der Waals surface area contributed by atoms with Crippen LogP contribution in [-0.2, 0) is 25.5 Å². The highest BCUT2D eigenvalue weighted by atomic mass is 32.2. The van der Waals surface area contributed by atoms with Crippen LogP contribution in [0.15, 0.2) is 46.8 Å². The molecule has 13 heteroatoms. The van der Waals surface area contributed by atoms with Gasteiger partial charge in [0.25, 0.3) is 10.9 Å². The molecule has 34 heavy (non-hydrogen) atoms. The van der Waals surface area contributed by atoms with Crippen LogP contribution in [0.1, 0.15) is 17.3 Å². The Bertz CT molecular complexity index is 1110. The van der Waals surface area contributed by atoms with Gasteiger partial charge in [-0.25, -0.2) is 19.5 Å². The van der Waals surface area contributed by atoms with Crippen molar-refractivity contribution < 1.29 is 28.7 Å². The van der Waals surface area contributed by atoms with Crippen molar-refractivity contribution >= 4 is 46.9 Å². The van der Waals surface area contributed by atoms with Gasteiger partial charge in [0.2, 0.25) is 5.91 Å². The fraction of sp³-hybridized carbons (Fsp3) is 0.286. The van der Waals surface area contributed by atoms with Crippen LogP contribution < -0.4 is 20.7 Å². The predicted octanol–water partition coefficient (Wildman–Crippen LogP) is 1.11. The largest absolute Gasteiger partial charge is 0.497 e. The summed E-state index contributed by atoms with van der Waals surface area (Å²) in [5.74, 6) is -1.46. The number of methoxy groups -OCH3 is 2. The van der Waals surface area contributed by atoms with Crippen molar-refractivity contribution in [3.63, 3.8) is 0 Å². The monoisotopic (exact) mass is 503 g/mol. The first-order valence-electron chi connectivity index (χ1n) is 10.0. The number of nitrogens with one attached hydrogen (secondary N) is 3. The Hall–Kier alpha value is -3.58. The molecular formula is C21H21N5O6S2. The number of urea groups is 1. The van der Waals surface area contributed by atoms with Crippen molar-refractivity contribution in [1.29, 1.82) is 0 Å². The number of carbonyl (C=O) groups is 4. The molecule has 4 rings (SSSR count). The zero-order chi connectivity index (χ0) is 24.3. The molecule has 0 aliphatic carbocycles. The first-order chi connectivity index (χ1) is 16.4. The highest BCUT2D eigenvalue weighted by Gasteiger charge is 2.49. The van der Waals surface area contributed by atoms with Gasteiger partial charge in [-0.15, -0.1) is 11.3 Å². The summed E-state index contributed by atoms with van der Waals surface area (Å²) in [7, 11) is 2.72. The average molecular weight is 504 g/mol. The molecule has 3 N–H and O–H groups in total. The summed E-state index contributed by atoms with van der Waals surface area (Å²) in [5, 5.41) is 11.3. The minimum atomic E-state index is -1.61. The van der Waals surface area contributed by atoms with Crippen LogP contribution in [0.2, 0.25) is 0 Å². The maximum absolute atomic E-state index is 13.4. The molecule has 1 saturated heterocycles. The number of thioether (sulfide) groups is 1. The molecule has 2 aliphatic rings. The van der Waals surface area contributed by atoms with Crippen molar-refractivity contribution in [2.24, 2.45) is 0 Å². The Labute approximate surface area is 202 Å². The summed E-state index contributed by atoms with van der Waals surface area (Å²) < 4.78 is 9.97. The summed E-state index contributed by atoms with van der Waals surface area (Å²) in [5.41, 5.74) is 2.65. The van der Waals surface area contributed by atoms with Crippen molar-refractivity contribution in [1.82, 2.24) is 25.8 Å². The fourth-order valence-corrected chi connectivity index (χ4v) is 4.98. The van der Waals surface area contributed by atoms with E-state index >= 15 is 0 Å². The van der Waals surface area contributed by atoms with Gasteiger partial charge in [-0.05, 0) is 23.1 Å². The molecule has 2 aromatic rings. The maximum Gasteiger partial charge on any atom is 0.364 e. The fourth-order valence-electron chi connectivity index (χ4n) is 3.59. The molecule has 0 spiro atoms. The number of ether oxygens (including phenoxy) is 2. The van der Waals surface area contributed by atoms with Gasteiger partial charge in [0.15, 0.2) is 0 Å². The van der Waals surface area contributed by atoms with Gasteiger partial charge >= 0.3 is 12.0 Å². The SMILES string of the molecule is COC(=O)C1(NC(=O)[C@H](Cc2cscn2)N2C(=O)N[C@H](c3ccc(OC)cc3)C2=O)NC=CS1. The van der Waals surface area contributed by atoms with E-state index < -0.39 is 40.9 Å². The van der Waals surface area contributed by atoms with Crippen LogP contribution in [0.5, 0.6) is 5.75 Å². The lowest BCUT2D eigenvalue weighted by molar-refractivity contribution is -0.148. The molecule has 1 unspecified atom stereocenters. The zero-order valence-electron chi connectivity index (χ0n) is 18.1. The van der Waals surface area contributed by atoms with Crippen molar-refractivity contribution in [2.75, 3.05) is 14.2 Å². The summed E-state index contributed by atoms with van der Waals surface area (Å²) >= 11 is 2.31. The summed E-state index contributed by atoms with van der Waals surface area (Å²) in [6.07, 6.45) is 1.46. The van der Waals surface area contributed by atoms with Gasteiger partial charge in [-0.3, -0.25) is 9.59 Å². The number of hydrogen-bond acceptors (Lipinski definition) is 10. The third-order valence-electron chi connectivity index (χ3n) is 5.29. The number of rotatable bonds is 8. The number of hydrogen-bond donors (Lipinski definition) is 3. The van der Waals surface area contributed by atoms with Crippen molar-refractivity contribution in [2.45, 2.75) is 23.5 Å². The standard InChI is InChI=1S/C21H21N5O6S2/c1-31-14-5-3-12(4-6-14)16-18(28)26(20(30)24-16)15(9-13-10-33-11-22-13)17(27)25-21(19(29)32-2)23-7-8-34-21/h3-8,10-11,15-16,23H,9H2,1-2H3,(H,24,30)(H,25,27)/t15-,16+,21?/m0/s1. The van der Waals surface area contributed by atoms with E-state index in [9.17, 15) is 19.2 Å². The summed E-state index contributed by atoms with van der Waals surface area (Å²) in [4.78, 5) is 55.6. The third kappa shape index (κ3) is 4.43. The molecule has 1 aromatic carbocycles. The van der Waals surface area contributed by atoms with Crippen LogP contribution in [0.25, 0.3) is 0 Å². The number of aromatic nitrogens is 1. The van der Waals surface area contributed by atoms with E-state index in [0.29, 0.717) is 17.0 Å². The van der Waals surface area contributed by atoms with Gasteiger partial charge in [-0.1, -0.05) is 23.9 Å².